The lowest BCUT2D eigenvalue weighted by atomic mass is 10.0. The Bertz CT molecular complexity index is 137. The SMILES string of the molecule is COCCN1CC2CCC[C@H]2C1. The molecule has 0 aromatic carbocycles. The van der Waals surface area contributed by atoms with Crippen LogP contribution >= 0.6 is 0 Å². The minimum absolute atomic E-state index is 0.902. The first-order chi connectivity index (χ1) is 5.90. The number of nitrogens with zero attached hydrogens (tertiary/aromatic N) is 1. The van der Waals surface area contributed by atoms with Crippen molar-refractivity contribution < 1.29 is 4.74 Å². The number of rotatable bonds is 3. The molecule has 2 nitrogen and oxygen atoms in total. The molecule has 1 aliphatic carbocycles. The Kier molecular flexibility index (Phi) is 2.66. The maximum atomic E-state index is 5.08. The van der Waals surface area contributed by atoms with Gasteiger partial charge in [0.05, 0.1) is 6.61 Å². The molecule has 1 unspecified atom stereocenters. The van der Waals surface area contributed by atoms with E-state index in [0.29, 0.717) is 0 Å². The molecule has 0 bridgehead atoms. The molecular formula is C10H19NO. The predicted octanol–water partition coefficient (Wildman–Crippen LogP) is 1.36. The number of hydrogen-bond donors (Lipinski definition) is 0. The lowest BCUT2D eigenvalue weighted by Crippen LogP contribution is -2.25. The molecule has 1 heterocycles. The van der Waals surface area contributed by atoms with E-state index in [0.717, 1.165) is 25.0 Å². The molecule has 2 atom stereocenters. The van der Waals surface area contributed by atoms with E-state index in [1.54, 1.807) is 7.11 Å². The van der Waals surface area contributed by atoms with Gasteiger partial charge in [-0.1, -0.05) is 6.42 Å². The number of likely N-dealkylation sites (tertiary alicyclic amines) is 1. The second kappa shape index (κ2) is 3.75. The van der Waals surface area contributed by atoms with Crippen LogP contribution in [0, 0.1) is 11.8 Å². The van der Waals surface area contributed by atoms with Gasteiger partial charge in [-0.25, -0.2) is 0 Å². The van der Waals surface area contributed by atoms with Gasteiger partial charge >= 0.3 is 0 Å². The molecular weight excluding hydrogens is 150 g/mol. The molecule has 2 fully saturated rings. The lowest BCUT2D eigenvalue weighted by molar-refractivity contribution is 0.156. The van der Waals surface area contributed by atoms with E-state index in [1.807, 2.05) is 0 Å². The summed E-state index contributed by atoms with van der Waals surface area (Å²) >= 11 is 0. The first-order valence-corrected chi connectivity index (χ1v) is 5.11. The Morgan fingerprint density at radius 1 is 1.25 bits per heavy atom. The Morgan fingerprint density at radius 2 is 1.92 bits per heavy atom. The van der Waals surface area contributed by atoms with Crippen LogP contribution in [0.25, 0.3) is 0 Å². The van der Waals surface area contributed by atoms with Gasteiger partial charge in [0.1, 0.15) is 0 Å². The highest BCUT2D eigenvalue weighted by molar-refractivity contribution is 4.88. The summed E-state index contributed by atoms with van der Waals surface area (Å²) in [7, 11) is 1.79. The first-order valence-electron chi connectivity index (χ1n) is 5.11. The first kappa shape index (κ1) is 8.52. The fourth-order valence-corrected chi connectivity index (χ4v) is 2.74. The molecule has 2 heteroatoms. The van der Waals surface area contributed by atoms with Gasteiger partial charge in [0, 0.05) is 26.7 Å². The molecule has 1 saturated heterocycles. The van der Waals surface area contributed by atoms with Crippen molar-refractivity contribution in [2.75, 3.05) is 33.4 Å². The topological polar surface area (TPSA) is 12.5 Å². The zero-order chi connectivity index (χ0) is 8.39. The number of fused-ring (bicyclic) bond motifs is 1. The zero-order valence-electron chi connectivity index (χ0n) is 7.96. The average molecular weight is 169 g/mol. The maximum absolute atomic E-state index is 5.08. The minimum Gasteiger partial charge on any atom is -0.383 e. The van der Waals surface area contributed by atoms with Crippen molar-refractivity contribution in [3.8, 4) is 0 Å². The van der Waals surface area contributed by atoms with Crippen LogP contribution in [0.15, 0.2) is 0 Å². The Balaban J connectivity index is 1.75. The molecule has 0 aromatic heterocycles. The summed E-state index contributed by atoms with van der Waals surface area (Å²) in [5.41, 5.74) is 0. The van der Waals surface area contributed by atoms with Crippen LogP contribution in [0.4, 0.5) is 0 Å². The van der Waals surface area contributed by atoms with Crippen LogP contribution in [-0.2, 0) is 4.74 Å². The van der Waals surface area contributed by atoms with Crippen molar-refractivity contribution in [3.05, 3.63) is 0 Å². The van der Waals surface area contributed by atoms with Gasteiger partial charge in [-0.3, -0.25) is 0 Å². The molecule has 1 aliphatic heterocycles. The summed E-state index contributed by atoms with van der Waals surface area (Å²) in [6.45, 7) is 4.73. The molecule has 0 spiro atoms. The fourth-order valence-electron chi connectivity index (χ4n) is 2.74. The van der Waals surface area contributed by atoms with E-state index in [-0.39, 0.29) is 0 Å². The fraction of sp³-hybridized carbons (Fsp3) is 1.00. The predicted molar refractivity (Wildman–Crippen MR) is 49.1 cm³/mol. The summed E-state index contributed by atoms with van der Waals surface area (Å²) in [5.74, 6) is 2.06. The monoisotopic (exact) mass is 169 g/mol. The normalized spacial score (nSPS) is 35.8. The molecule has 0 N–H and O–H groups in total. The Morgan fingerprint density at radius 3 is 2.50 bits per heavy atom. The highest BCUT2D eigenvalue weighted by Crippen LogP contribution is 2.37. The van der Waals surface area contributed by atoms with Gasteiger partial charge in [-0.05, 0) is 24.7 Å². The average Bonchev–Trinajstić information content (AvgIpc) is 2.58. The van der Waals surface area contributed by atoms with Gasteiger partial charge in [0.2, 0.25) is 0 Å². The molecule has 1 saturated carbocycles. The number of methoxy groups -OCH3 is 1. The van der Waals surface area contributed by atoms with Gasteiger partial charge in [0.15, 0.2) is 0 Å². The van der Waals surface area contributed by atoms with Crippen LogP contribution in [0.5, 0.6) is 0 Å². The smallest absolute Gasteiger partial charge is 0.0589 e. The standard InChI is InChI=1S/C10H19NO/c1-12-6-5-11-7-9-3-2-4-10(9)8-11/h9-10H,2-8H2,1H3/t9-,10?/m0/s1. The number of ether oxygens (including phenoxy) is 1. The van der Waals surface area contributed by atoms with E-state index >= 15 is 0 Å². The molecule has 2 rings (SSSR count). The largest absolute Gasteiger partial charge is 0.383 e. The third-order valence-electron chi connectivity index (χ3n) is 3.41. The molecule has 0 amide bonds. The summed E-state index contributed by atoms with van der Waals surface area (Å²) < 4.78 is 5.08. The van der Waals surface area contributed by atoms with Gasteiger partial charge in [0.25, 0.3) is 0 Å². The van der Waals surface area contributed by atoms with E-state index in [1.165, 1.54) is 32.4 Å². The molecule has 12 heavy (non-hydrogen) atoms. The molecule has 0 radical (unpaired) electrons. The van der Waals surface area contributed by atoms with E-state index in [2.05, 4.69) is 4.90 Å². The van der Waals surface area contributed by atoms with Gasteiger partial charge in [-0.15, -0.1) is 0 Å². The lowest BCUT2D eigenvalue weighted by Gasteiger charge is -2.15. The third-order valence-corrected chi connectivity index (χ3v) is 3.41. The minimum atomic E-state index is 0.902. The van der Waals surface area contributed by atoms with Crippen LogP contribution in [-0.4, -0.2) is 38.3 Å². The third kappa shape index (κ3) is 1.64. The summed E-state index contributed by atoms with van der Waals surface area (Å²) in [6, 6.07) is 0. The van der Waals surface area contributed by atoms with Crippen LogP contribution in [0.1, 0.15) is 19.3 Å². The van der Waals surface area contributed by atoms with Gasteiger partial charge in [-0.2, -0.15) is 0 Å². The second-order valence-electron chi connectivity index (χ2n) is 4.20. The van der Waals surface area contributed by atoms with Gasteiger partial charge < -0.3 is 9.64 Å². The van der Waals surface area contributed by atoms with Crippen molar-refractivity contribution >= 4 is 0 Å². The molecule has 0 aromatic rings. The summed E-state index contributed by atoms with van der Waals surface area (Å²) in [6.07, 6.45) is 4.44. The van der Waals surface area contributed by atoms with Crippen molar-refractivity contribution in [1.82, 2.24) is 4.90 Å². The van der Waals surface area contributed by atoms with Crippen LogP contribution in [0.3, 0.4) is 0 Å². The van der Waals surface area contributed by atoms with Crippen molar-refractivity contribution in [1.29, 1.82) is 0 Å². The highest BCUT2D eigenvalue weighted by atomic mass is 16.5. The quantitative estimate of drug-likeness (QED) is 0.632. The van der Waals surface area contributed by atoms with Crippen molar-refractivity contribution in [2.45, 2.75) is 19.3 Å². The van der Waals surface area contributed by atoms with E-state index < -0.39 is 0 Å². The van der Waals surface area contributed by atoms with E-state index in [4.69, 9.17) is 4.74 Å². The molecule has 2 aliphatic rings. The van der Waals surface area contributed by atoms with Crippen LogP contribution in [0.2, 0.25) is 0 Å². The second-order valence-corrected chi connectivity index (χ2v) is 4.20. The maximum Gasteiger partial charge on any atom is 0.0589 e. The Labute approximate surface area is 74.9 Å². The summed E-state index contributed by atoms with van der Waals surface area (Å²) in [5, 5.41) is 0. The summed E-state index contributed by atoms with van der Waals surface area (Å²) in [4.78, 5) is 2.57. The Hall–Kier alpha value is -0.0800. The highest BCUT2D eigenvalue weighted by Gasteiger charge is 2.35. The van der Waals surface area contributed by atoms with Crippen molar-refractivity contribution in [3.63, 3.8) is 0 Å². The molecule has 70 valence electrons. The van der Waals surface area contributed by atoms with Crippen LogP contribution < -0.4 is 0 Å². The van der Waals surface area contributed by atoms with Crippen molar-refractivity contribution in [2.24, 2.45) is 11.8 Å². The van der Waals surface area contributed by atoms with E-state index in [9.17, 15) is 0 Å². The zero-order valence-corrected chi connectivity index (χ0v) is 7.96. The number of hydrogen-bond acceptors (Lipinski definition) is 2.